The molecule has 88 valence electrons. The van der Waals surface area contributed by atoms with E-state index in [1.807, 2.05) is 0 Å². The summed E-state index contributed by atoms with van der Waals surface area (Å²) in [5.41, 5.74) is -0.243. The normalized spacial score (nSPS) is 11.2. The molecule has 0 aliphatic rings. The van der Waals surface area contributed by atoms with Crippen molar-refractivity contribution in [3.63, 3.8) is 0 Å². The van der Waals surface area contributed by atoms with Crippen LogP contribution in [0, 0.1) is 0 Å². The number of methoxy groups -OCH3 is 1. The van der Waals surface area contributed by atoms with Crippen LogP contribution in [0.25, 0.3) is 0 Å². The topological polar surface area (TPSA) is 80.7 Å². The average Bonchev–Trinajstić information content (AvgIpc) is 2.14. The summed E-state index contributed by atoms with van der Waals surface area (Å²) in [6.07, 6.45) is 0.951. The number of hydrogen-bond acceptors (Lipinski definition) is 4. The van der Waals surface area contributed by atoms with Crippen LogP contribution >= 0.6 is 11.6 Å². The van der Waals surface area contributed by atoms with E-state index in [-0.39, 0.29) is 21.2 Å². The second-order valence-corrected chi connectivity index (χ2v) is 5.45. The highest BCUT2D eigenvalue weighted by atomic mass is 35.5. The molecule has 0 heterocycles. The van der Waals surface area contributed by atoms with Crippen molar-refractivity contribution in [1.29, 1.82) is 0 Å². The Morgan fingerprint density at radius 3 is 2.38 bits per heavy atom. The van der Waals surface area contributed by atoms with Crippen LogP contribution in [0.15, 0.2) is 17.0 Å². The van der Waals surface area contributed by atoms with E-state index >= 15 is 0 Å². The molecule has 0 aromatic heterocycles. The number of carboxylic acid groups (broad SMARTS) is 1. The molecule has 0 amide bonds. The van der Waals surface area contributed by atoms with Crippen LogP contribution in [-0.4, -0.2) is 32.9 Å². The lowest BCUT2D eigenvalue weighted by molar-refractivity contribution is 0.0693. The number of rotatable bonds is 3. The van der Waals surface area contributed by atoms with Gasteiger partial charge < -0.3 is 9.84 Å². The molecule has 0 radical (unpaired) electrons. The standard InChI is InChI=1S/C9H9ClO5S/c1-15-7-4-6(10)8(16(2,13)14)3-5(7)9(11)12/h3-4H,1-2H3,(H,11,12). The Morgan fingerprint density at radius 2 is 2.00 bits per heavy atom. The van der Waals surface area contributed by atoms with Crippen molar-refractivity contribution in [2.45, 2.75) is 4.90 Å². The number of ether oxygens (including phenoxy) is 1. The fourth-order valence-corrected chi connectivity index (χ4v) is 2.47. The molecule has 1 aromatic rings. The summed E-state index contributed by atoms with van der Waals surface area (Å²) in [5.74, 6) is -1.26. The summed E-state index contributed by atoms with van der Waals surface area (Å²) in [4.78, 5) is 10.6. The zero-order valence-electron chi connectivity index (χ0n) is 8.52. The molecule has 1 aromatic carbocycles. The molecule has 0 unspecified atom stereocenters. The number of carbonyl (C=O) groups is 1. The van der Waals surface area contributed by atoms with Crippen molar-refractivity contribution >= 4 is 27.4 Å². The molecule has 7 heteroatoms. The number of hydrogen-bond donors (Lipinski definition) is 1. The SMILES string of the molecule is COc1cc(Cl)c(S(C)(=O)=O)cc1C(=O)O. The van der Waals surface area contributed by atoms with Gasteiger partial charge in [0.25, 0.3) is 0 Å². The predicted octanol–water partition coefficient (Wildman–Crippen LogP) is 1.45. The van der Waals surface area contributed by atoms with Crippen LogP contribution in [0.3, 0.4) is 0 Å². The first-order valence-electron chi connectivity index (χ1n) is 4.08. The third kappa shape index (κ3) is 2.45. The van der Waals surface area contributed by atoms with Crippen molar-refractivity contribution in [1.82, 2.24) is 0 Å². The van der Waals surface area contributed by atoms with Gasteiger partial charge in [-0.1, -0.05) is 11.6 Å². The van der Waals surface area contributed by atoms with E-state index in [2.05, 4.69) is 0 Å². The van der Waals surface area contributed by atoms with Crippen LogP contribution in [0.5, 0.6) is 5.75 Å². The molecule has 16 heavy (non-hydrogen) atoms. The van der Waals surface area contributed by atoms with Gasteiger partial charge in [-0.25, -0.2) is 13.2 Å². The van der Waals surface area contributed by atoms with Crippen molar-refractivity contribution in [3.05, 3.63) is 22.7 Å². The van der Waals surface area contributed by atoms with Crippen LogP contribution < -0.4 is 4.74 Å². The molecule has 0 aliphatic heterocycles. The number of carboxylic acids is 1. The highest BCUT2D eigenvalue weighted by Gasteiger charge is 2.19. The lowest BCUT2D eigenvalue weighted by atomic mass is 10.2. The summed E-state index contributed by atoms with van der Waals surface area (Å²) in [7, 11) is -2.29. The van der Waals surface area contributed by atoms with Crippen molar-refractivity contribution in [3.8, 4) is 5.75 Å². The first-order valence-corrected chi connectivity index (χ1v) is 6.35. The van der Waals surface area contributed by atoms with Crippen molar-refractivity contribution in [2.75, 3.05) is 13.4 Å². The van der Waals surface area contributed by atoms with Crippen LogP contribution in [-0.2, 0) is 9.84 Å². The maximum absolute atomic E-state index is 11.3. The smallest absolute Gasteiger partial charge is 0.339 e. The second kappa shape index (κ2) is 4.31. The van der Waals surface area contributed by atoms with Gasteiger partial charge >= 0.3 is 5.97 Å². The molecule has 0 bridgehead atoms. The average molecular weight is 265 g/mol. The molecule has 0 fully saturated rings. The minimum Gasteiger partial charge on any atom is -0.496 e. The van der Waals surface area contributed by atoms with Gasteiger partial charge in [0.15, 0.2) is 9.84 Å². The maximum atomic E-state index is 11.3. The first kappa shape index (κ1) is 12.8. The van der Waals surface area contributed by atoms with E-state index in [1.54, 1.807) is 0 Å². The third-order valence-electron chi connectivity index (χ3n) is 1.88. The lowest BCUT2D eigenvalue weighted by Crippen LogP contribution is -2.05. The van der Waals surface area contributed by atoms with Crippen LogP contribution in [0.2, 0.25) is 5.02 Å². The van der Waals surface area contributed by atoms with E-state index in [9.17, 15) is 13.2 Å². The van der Waals surface area contributed by atoms with Gasteiger partial charge in [0, 0.05) is 12.3 Å². The van der Waals surface area contributed by atoms with Gasteiger partial charge in [0.2, 0.25) is 0 Å². The second-order valence-electron chi connectivity index (χ2n) is 3.06. The summed E-state index contributed by atoms with van der Waals surface area (Å²) in [6.45, 7) is 0. The Balaban J connectivity index is 3.58. The summed E-state index contributed by atoms with van der Waals surface area (Å²) >= 11 is 5.72. The zero-order chi connectivity index (χ0) is 12.5. The van der Waals surface area contributed by atoms with E-state index in [4.69, 9.17) is 21.4 Å². The monoisotopic (exact) mass is 264 g/mol. The summed E-state index contributed by atoms with van der Waals surface area (Å²) in [6, 6.07) is 2.15. The number of aromatic carboxylic acids is 1. The van der Waals surface area contributed by atoms with Crippen molar-refractivity contribution < 1.29 is 23.1 Å². The molecule has 0 saturated heterocycles. The Kier molecular flexibility index (Phi) is 3.44. The van der Waals surface area contributed by atoms with Crippen molar-refractivity contribution in [2.24, 2.45) is 0 Å². The van der Waals surface area contributed by atoms with Gasteiger partial charge in [-0.05, 0) is 6.07 Å². The van der Waals surface area contributed by atoms with E-state index in [0.29, 0.717) is 0 Å². The van der Waals surface area contributed by atoms with Gasteiger partial charge in [0.05, 0.1) is 17.0 Å². The highest BCUT2D eigenvalue weighted by Crippen LogP contribution is 2.30. The van der Waals surface area contributed by atoms with Gasteiger partial charge in [-0.2, -0.15) is 0 Å². The quantitative estimate of drug-likeness (QED) is 0.894. The lowest BCUT2D eigenvalue weighted by Gasteiger charge is -2.08. The largest absolute Gasteiger partial charge is 0.496 e. The molecular formula is C9H9ClO5S. The zero-order valence-corrected chi connectivity index (χ0v) is 10.1. The molecule has 5 nitrogen and oxygen atoms in total. The Bertz CT molecular complexity index is 535. The fraction of sp³-hybridized carbons (Fsp3) is 0.222. The Labute approximate surface area is 97.5 Å². The minimum atomic E-state index is -3.57. The fourth-order valence-electron chi connectivity index (χ4n) is 1.16. The number of sulfone groups is 1. The molecule has 0 saturated carbocycles. The molecule has 0 aliphatic carbocycles. The number of halogens is 1. The first-order chi connectivity index (χ1) is 7.27. The summed E-state index contributed by atoms with van der Waals surface area (Å²) in [5, 5.41) is 8.79. The molecule has 0 atom stereocenters. The Hall–Kier alpha value is -1.27. The molecule has 1 N–H and O–H groups in total. The Morgan fingerprint density at radius 1 is 1.44 bits per heavy atom. The molecule has 1 rings (SSSR count). The van der Waals surface area contributed by atoms with E-state index < -0.39 is 15.8 Å². The van der Waals surface area contributed by atoms with E-state index in [1.165, 1.54) is 13.2 Å². The van der Waals surface area contributed by atoms with Gasteiger partial charge in [-0.15, -0.1) is 0 Å². The molecular weight excluding hydrogens is 256 g/mol. The minimum absolute atomic E-state index is 0.0184. The third-order valence-corrected chi connectivity index (χ3v) is 3.45. The van der Waals surface area contributed by atoms with Crippen LogP contribution in [0.1, 0.15) is 10.4 Å². The summed E-state index contributed by atoms with van der Waals surface area (Å²) < 4.78 is 27.4. The van der Waals surface area contributed by atoms with Gasteiger partial charge in [0.1, 0.15) is 11.3 Å². The van der Waals surface area contributed by atoms with Gasteiger partial charge in [-0.3, -0.25) is 0 Å². The maximum Gasteiger partial charge on any atom is 0.339 e. The highest BCUT2D eigenvalue weighted by molar-refractivity contribution is 7.90. The predicted molar refractivity (Wildman–Crippen MR) is 58.1 cm³/mol. The number of benzene rings is 1. The molecule has 0 spiro atoms. The van der Waals surface area contributed by atoms with E-state index in [0.717, 1.165) is 12.3 Å². The van der Waals surface area contributed by atoms with Crippen LogP contribution in [0.4, 0.5) is 0 Å².